The Labute approximate surface area is 162 Å². The predicted octanol–water partition coefficient (Wildman–Crippen LogP) is 3.19. The van der Waals surface area contributed by atoms with Crippen LogP contribution in [0.15, 0.2) is 84.2 Å². The van der Waals surface area contributed by atoms with E-state index in [9.17, 15) is 9.90 Å². The Kier molecular flexibility index (Phi) is 4.63. The molecule has 0 spiro atoms. The summed E-state index contributed by atoms with van der Waals surface area (Å²) in [4.78, 5) is 17.1. The number of amides is 1. The van der Waals surface area contributed by atoms with Gasteiger partial charge in [-0.25, -0.2) is 0 Å². The van der Waals surface area contributed by atoms with Crippen LogP contribution >= 0.6 is 0 Å². The molecule has 0 radical (unpaired) electrons. The van der Waals surface area contributed by atoms with Gasteiger partial charge in [-0.3, -0.25) is 9.78 Å². The van der Waals surface area contributed by atoms with Gasteiger partial charge in [0.25, 0.3) is 5.91 Å². The maximum Gasteiger partial charge on any atom is 0.278 e. The van der Waals surface area contributed by atoms with Crippen LogP contribution in [-0.2, 0) is 5.72 Å². The molecule has 0 saturated carbocycles. The van der Waals surface area contributed by atoms with E-state index in [4.69, 9.17) is 4.74 Å². The number of benzene rings is 2. The van der Waals surface area contributed by atoms with Gasteiger partial charge in [-0.05, 0) is 42.0 Å². The van der Waals surface area contributed by atoms with Crippen LogP contribution < -0.4 is 4.74 Å². The summed E-state index contributed by atoms with van der Waals surface area (Å²) >= 11 is 0. The van der Waals surface area contributed by atoms with E-state index in [1.54, 1.807) is 37.6 Å². The van der Waals surface area contributed by atoms with E-state index in [0.29, 0.717) is 16.8 Å². The fourth-order valence-corrected chi connectivity index (χ4v) is 3.24. The molecule has 3 aromatic rings. The number of hydrazone groups is 1. The highest BCUT2D eigenvalue weighted by atomic mass is 16.5. The molecule has 1 aromatic heterocycles. The van der Waals surface area contributed by atoms with Gasteiger partial charge in [0.2, 0.25) is 0 Å². The van der Waals surface area contributed by atoms with Crippen LogP contribution in [0.3, 0.4) is 0 Å². The standard InChI is InChI=1S/C22H19N3O3/c1-28-19-11-9-16(10-12-19)20-14-22(27,18-7-3-2-4-8-18)25(24-20)21(26)17-6-5-13-23-15-17/h2-13,15,27H,14H2,1H3. The van der Waals surface area contributed by atoms with Gasteiger partial charge in [-0.2, -0.15) is 10.1 Å². The molecule has 2 aromatic carbocycles. The number of hydrogen-bond donors (Lipinski definition) is 1. The number of carbonyl (C=O) groups is 1. The van der Waals surface area contributed by atoms with Crippen molar-refractivity contribution in [1.82, 2.24) is 9.99 Å². The third kappa shape index (κ3) is 3.14. The highest BCUT2D eigenvalue weighted by Gasteiger charge is 2.46. The maximum absolute atomic E-state index is 13.1. The van der Waals surface area contributed by atoms with E-state index in [0.717, 1.165) is 16.3 Å². The fraction of sp³-hybridized carbons (Fsp3) is 0.136. The summed E-state index contributed by atoms with van der Waals surface area (Å²) in [5.74, 6) is 0.312. The van der Waals surface area contributed by atoms with Gasteiger partial charge in [0.05, 0.1) is 18.4 Å². The van der Waals surface area contributed by atoms with E-state index in [2.05, 4.69) is 10.1 Å². The molecule has 4 rings (SSSR count). The lowest BCUT2D eigenvalue weighted by atomic mass is 9.94. The molecule has 1 aliphatic heterocycles. The number of rotatable bonds is 4. The molecule has 2 heterocycles. The van der Waals surface area contributed by atoms with Crippen molar-refractivity contribution in [1.29, 1.82) is 0 Å². The lowest BCUT2D eigenvalue weighted by molar-refractivity contribution is -0.0765. The Bertz CT molecular complexity index is 1000. The first kappa shape index (κ1) is 17.9. The molecule has 6 nitrogen and oxygen atoms in total. The van der Waals surface area contributed by atoms with Crippen LogP contribution in [0, 0.1) is 0 Å². The molecule has 1 aliphatic rings. The zero-order chi connectivity index (χ0) is 19.6. The predicted molar refractivity (Wildman–Crippen MR) is 105 cm³/mol. The van der Waals surface area contributed by atoms with E-state index in [1.165, 1.54) is 6.20 Å². The molecule has 140 valence electrons. The number of methoxy groups -OCH3 is 1. The Balaban J connectivity index is 1.77. The van der Waals surface area contributed by atoms with Crippen molar-refractivity contribution in [3.8, 4) is 5.75 Å². The Morgan fingerprint density at radius 3 is 2.46 bits per heavy atom. The van der Waals surface area contributed by atoms with Crippen LogP contribution in [-0.4, -0.2) is 33.8 Å². The molecule has 1 N–H and O–H groups in total. The summed E-state index contributed by atoms with van der Waals surface area (Å²) in [5.41, 5.74) is 0.808. The first-order chi connectivity index (χ1) is 13.6. The summed E-state index contributed by atoms with van der Waals surface area (Å²) in [6, 6.07) is 19.8. The quantitative estimate of drug-likeness (QED) is 0.762. The third-order valence-electron chi connectivity index (χ3n) is 4.75. The number of aromatic nitrogens is 1. The Morgan fingerprint density at radius 1 is 1.07 bits per heavy atom. The lowest BCUT2D eigenvalue weighted by Gasteiger charge is -2.31. The number of ether oxygens (including phenoxy) is 1. The molecule has 6 heteroatoms. The molecule has 1 amide bonds. The van der Waals surface area contributed by atoms with Gasteiger partial charge < -0.3 is 9.84 Å². The maximum atomic E-state index is 13.1. The normalized spacial score (nSPS) is 18.6. The topological polar surface area (TPSA) is 75.0 Å². The lowest BCUT2D eigenvalue weighted by Crippen LogP contribution is -2.43. The highest BCUT2D eigenvalue weighted by molar-refractivity contribution is 6.05. The minimum Gasteiger partial charge on any atom is -0.497 e. The zero-order valence-electron chi connectivity index (χ0n) is 15.3. The number of pyridine rings is 1. The zero-order valence-corrected chi connectivity index (χ0v) is 15.3. The van der Waals surface area contributed by atoms with Crippen molar-refractivity contribution in [2.75, 3.05) is 7.11 Å². The van der Waals surface area contributed by atoms with Crippen LogP contribution in [0.25, 0.3) is 0 Å². The van der Waals surface area contributed by atoms with E-state index in [1.807, 2.05) is 42.5 Å². The second kappa shape index (κ2) is 7.25. The minimum atomic E-state index is -1.58. The number of carbonyl (C=O) groups excluding carboxylic acids is 1. The monoisotopic (exact) mass is 373 g/mol. The van der Waals surface area contributed by atoms with Crippen molar-refractivity contribution in [3.63, 3.8) is 0 Å². The largest absolute Gasteiger partial charge is 0.497 e. The van der Waals surface area contributed by atoms with E-state index >= 15 is 0 Å². The first-order valence-electron chi connectivity index (χ1n) is 8.86. The number of hydrogen-bond acceptors (Lipinski definition) is 5. The van der Waals surface area contributed by atoms with E-state index in [-0.39, 0.29) is 6.42 Å². The summed E-state index contributed by atoms with van der Waals surface area (Å²) in [7, 11) is 1.60. The average molecular weight is 373 g/mol. The van der Waals surface area contributed by atoms with Crippen LogP contribution in [0.2, 0.25) is 0 Å². The van der Waals surface area contributed by atoms with E-state index < -0.39 is 11.6 Å². The highest BCUT2D eigenvalue weighted by Crippen LogP contribution is 2.38. The van der Waals surface area contributed by atoms with Crippen molar-refractivity contribution in [2.24, 2.45) is 5.10 Å². The molecule has 0 saturated heterocycles. The van der Waals surface area contributed by atoms with Gasteiger partial charge in [0.1, 0.15) is 5.75 Å². The first-order valence-corrected chi connectivity index (χ1v) is 8.86. The van der Waals surface area contributed by atoms with Crippen molar-refractivity contribution < 1.29 is 14.6 Å². The summed E-state index contributed by atoms with van der Waals surface area (Å²) in [5, 5.41) is 17.2. The molecule has 28 heavy (non-hydrogen) atoms. The SMILES string of the molecule is COc1ccc(C2=NN(C(=O)c3cccnc3)C(O)(c3ccccc3)C2)cc1. The van der Waals surface area contributed by atoms with Gasteiger partial charge in [-0.15, -0.1) is 0 Å². The fourth-order valence-electron chi connectivity index (χ4n) is 3.24. The van der Waals surface area contributed by atoms with Gasteiger partial charge in [0.15, 0.2) is 5.72 Å². The minimum absolute atomic E-state index is 0.176. The van der Waals surface area contributed by atoms with Crippen molar-refractivity contribution in [2.45, 2.75) is 12.1 Å². The van der Waals surface area contributed by atoms with Gasteiger partial charge in [-0.1, -0.05) is 30.3 Å². The second-order valence-corrected chi connectivity index (χ2v) is 6.49. The number of aliphatic hydroxyl groups is 1. The van der Waals surface area contributed by atoms with Crippen LogP contribution in [0.1, 0.15) is 27.9 Å². The van der Waals surface area contributed by atoms with Gasteiger partial charge in [0, 0.05) is 24.4 Å². The average Bonchev–Trinajstić information content (AvgIpc) is 3.13. The number of nitrogens with zero attached hydrogens (tertiary/aromatic N) is 3. The molecule has 1 unspecified atom stereocenters. The third-order valence-corrected chi connectivity index (χ3v) is 4.75. The molecule has 0 aliphatic carbocycles. The summed E-state index contributed by atoms with van der Waals surface area (Å²) in [6.45, 7) is 0. The van der Waals surface area contributed by atoms with Gasteiger partial charge >= 0.3 is 0 Å². The summed E-state index contributed by atoms with van der Waals surface area (Å²) < 4.78 is 5.20. The summed E-state index contributed by atoms with van der Waals surface area (Å²) in [6.07, 6.45) is 3.24. The van der Waals surface area contributed by atoms with Crippen molar-refractivity contribution in [3.05, 3.63) is 95.8 Å². The second-order valence-electron chi connectivity index (χ2n) is 6.49. The van der Waals surface area contributed by atoms with Crippen molar-refractivity contribution >= 4 is 11.6 Å². The Morgan fingerprint density at radius 2 is 1.82 bits per heavy atom. The molecule has 0 bridgehead atoms. The molecule has 0 fully saturated rings. The van der Waals surface area contributed by atoms with Crippen LogP contribution in [0.5, 0.6) is 5.75 Å². The smallest absolute Gasteiger partial charge is 0.278 e. The molecular weight excluding hydrogens is 354 g/mol. The Hall–Kier alpha value is -3.51. The van der Waals surface area contributed by atoms with Crippen LogP contribution in [0.4, 0.5) is 0 Å². The molecular formula is C22H19N3O3. The molecule has 1 atom stereocenters.